The number of nitrogens with one attached hydrogen (secondary N) is 2. The predicted octanol–water partition coefficient (Wildman–Crippen LogP) is 1.94. The van der Waals surface area contributed by atoms with Crippen LogP contribution < -0.4 is 10.6 Å². The highest BCUT2D eigenvalue weighted by Gasteiger charge is 2.38. The van der Waals surface area contributed by atoms with Crippen LogP contribution in [-0.2, 0) is 9.84 Å². The molecule has 1 fully saturated rings. The molecule has 112 valence electrons. The van der Waals surface area contributed by atoms with Gasteiger partial charge in [0.05, 0.1) is 23.2 Å². The topological polar surface area (TPSA) is 84.0 Å². The lowest BCUT2D eigenvalue weighted by atomic mass is 10.0. The molecule has 1 aliphatic rings. The van der Waals surface area contributed by atoms with Crippen LogP contribution in [0.5, 0.6) is 0 Å². The van der Waals surface area contributed by atoms with Gasteiger partial charge in [0.25, 0.3) is 0 Å². The lowest BCUT2D eigenvalue weighted by Gasteiger charge is -2.25. The molecular formula is C12H19ClN4O2S. The zero-order valence-corrected chi connectivity index (χ0v) is 13.2. The SMILES string of the molecule is CCCNc1ncc(Cl)c(NC2(C)CCS(=O)(=O)C2)n1. The summed E-state index contributed by atoms with van der Waals surface area (Å²) in [6.45, 7) is 4.69. The zero-order valence-electron chi connectivity index (χ0n) is 11.6. The van der Waals surface area contributed by atoms with E-state index in [1.165, 1.54) is 6.20 Å². The highest BCUT2D eigenvalue weighted by Crippen LogP contribution is 2.30. The number of rotatable bonds is 5. The Balaban J connectivity index is 2.16. The molecule has 1 atom stereocenters. The van der Waals surface area contributed by atoms with E-state index in [2.05, 4.69) is 20.6 Å². The van der Waals surface area contributed by atoms with Gasteiger partial charge in [-0.05, 0) is 19.8 Å². The summed E-state index contributed by atoms with van der Waals surface area (Å²) in [6, 6.07) is 0. The normalized spacial score (nSPS) is 24.6. The van der Waals surface area contributed by atoms with Crippen LogP contribution in [-0.4, -0.2) is 42.0 Å². The molecule has 0 amide bonds. The highest BCUT2D eigenvalue weighted by atomic mass is 35.5. The molecular weight excluding hydrogens is 300 g/mol. The lowest BCUT2D eigenvalue weighted by molar-refractivity contribution is 0.572. The molecule has 0 aliphatic carbocycles. The van der Waals surface area contributed by atoms with Crippen LogP contribution in [0.15, 0.2) is 6.20 Å². The maximum Gasteiger partial charge on any atom is 0.224 e. The number of nitrogens with zero attached hydrogens (tertiary/aromatic N) is 2. The third-order valence-electron chi connectivity index (χ3n) is 3.20. The quantitative estimate of drug-likeness (QED) is 0.863. The lowest BCUT2D eigenvalue weighted by Crippen LogP contribution is -2.36. The molecule has 0 saturated carbocycles. The Bertz CT molecular complexity index is 593. The molecule has 2 rings (SSSR count). The van der Waals surface area contributed by atoms with Crippen LogP contribution in [0.1, 0.15) is 26.7 Å². The van der Waals surface area contributed by atoms with Gasteiger partial charge in [0.2, 0.25) is 5.95 Å². The second-order valence-corrected chi connectivity index (χ2v) is 7.94. The molecule has 0 spiro atoms. The Labute approximate surface area is 124 Å². The van der Waals surface area contributed by atoms with Crippen molar-refractivity contribution in [1.82, 2.24) is 9.97 Å². The number of hydrogen-bond donors (Lipinski definition) is 2. The number of aromatic nitrogens is 2. The first-order chi connectivity index (χ1) is 9.34. The van der Waals surface area contributed by atoms with Gasteiger partial charge in [0.1, 0.15) is 5.02 Å². The summed E-state index contributed by atoms with van der Waals surface area (Å²) in [5, 5.41) is 6.62. The number of anilines is 2. The first kappa shape index (κ1) is 15.3. The molecule has 1 aromatic heterocycles. The summed E-state index contributed by atoms with van der Waals surface area (Å²) in [5.41, 5.74) is -0.529. The van der Waals surface area contributed by atoms with Gasteiger partial charge < -0.3 is 10.6 Å². The van der Waals surface area contributed by atoms with Crippen LogP contribution in [0.2, 0.25) is 5.02 Å². The van der Waals surface area contributed by atoms with E-state index in [-0.39, 0.29) is 11.5 Å². The molecule has 6 nitrogen and oxygen atoms in total. The van der Waals surface area contributed by atoms with Crippen molar-refractivity contribution in [3.8, 4) is 0 Å². The third kappa shape index (κ3) is 3.73. The molecule has 2 N–H and O–H groups in total. The summed E-state index contributed by atoms with van der Waals surface area (Å²) in [6.07, 6.45) is 3.03. The van der Waals surface area contributed by atoms with Crippen molar-refractivity contribution in [3.63, 3.8) is 0 Å². The number of halogens is 1. The Morgan fingerprint density at radius 2 is 2.25 bits per heavy atom. The monoisotopic (exact) mass is 318 g/mol. The first-order valence-corrected chi connectivity index (χ1v) is 8.78. The van der Waals surface area contributed by atoms with Gasteiger partial charge in [-0.15, -0.1) is 0 Å². The van der Waals surface area contributed by atoms with E-state index in [1.807, 2.05) is 13.8 Å². The van der Waals surface area contributed by atoms with Gasteiger partial charge in [0.15, 0.2) is 15.7 Å². The Hall–Kier alpha value is -1.08. The molecule has 20 heavy (non-hydrogen) atoms. The molecule has 0 bridgehead atoms. The summed E-state index contributed by atoms with van der Waals surface area (Å²) >= 11 is 6.08. The first-order valence-electron chi connectivity index (χ1n) is 6.59. The van der Waals surface area contributed by atoms with Gasteiger partial charge in [-0.25, -0.2) is 13.4 Å². The number of hydrogen-bond acceptors (Lipinski definition) is 6. The molecule has 0 aromatic carbocycles. The molecule has 1 saturated heterocycles. The van der Waals surface area contributed by atoms with E-state index < -0.39 is 15.4 Å². The van der Waals surface area contributed by atoms with E-state index in [0.29, 0.717) is 23.2 Å². The van der Waals surface area contributed by atoms with Crippen molar-refractivity contribution in [2.24, 2.45) is 0 Å². The van der Waals surface area contributed by atoms with Crippen LogP contribution in [0.4, 0.5) is 11.8 Å². The minimum atomic E-state index is -2.98. The van der Waals surface area contributed by atoms with Crippen LogP contribution in [0, 0.1) is 0 Å². The highest BCUT2D eigenvalue weighted by molar-refractivity contribution is 7.91. The minimum absolute atomic E-state index is 0.0953. The van der Waals surface area contributed by atoms with E-state index in [4.69, 9.17) is 11.6 Å². The van der Waals surface area contributed by atoms with E-state index in [1.54, 1.807) is 0 Å². The molecule has 0 radical (unpaired) electrons. The fourth-order valence-electron chi connectivity index (χ4n) is 2.17. The van der Waals surface area contributed by atoms with Crippen LogP contribution in [0.3, 0.4) is 0 Å². The fraction of sp³-hybridized carbons (Fsp3) is 0.667. The van der Waals surface area contributed by atoms with Crippen LogP contribution >= 0.6 is 11.6 Å². The summed E-state index contributed by atoms with van der Waals surface area (Å²) in [7, 11) is -2.98. The molecule has 1 aliphatic heterocycles. The van der Waals surface area contributed by atoms with Gasteiger partial charge in [-0.3, -0.25) is 0 Å². The fourth-order valence-corrected chi connectivity index (χ4v) is 4.40. The second-order valence-electron chi connectivity index (χ2n) is 5.34. The molecule has 1 unspecified atom stereocenters. The van der Waals surface area contributed by atoms with Crippen molar-refractivity contribution in [3.05, 3.63) is 11.2 Å². The van der Waals surface area contributed by atoms with E-state index in [9.17, 15) is 8.42 Å². The van der Waals surface area contributed by atoms with Crippen molar-refractivity contribution >= 4 is 33.2 Å². The standard InChI is InChI=1S/C12H19ClN4O2S/c1-3-5-14-11-15-7-9(13)10(16-11)17-12(2)4-6-20(18,19)8-12/h7H,3-6,8H2,1-2H3,(H2,14,15,16,17). The molecule has 2 heterocycles. The van der Waals surface area contributed by atoms with Crippen LogP contribution in [0.25, 0.3) is 0 Å². The van der Waals surface area contributed by atoms with Crippen molar-refractivity contribution < 1.29 is 8.42 Å². The maximum absolute atomic E-state index is 11.6. The van der Waals surface area contributed by atoms with Crippen molar-refractivity contribution in [2.45, 2.75) is 32.2 Å². The van der Waals surface area contributed by atoms with Crippen molar-refractivity contribution in [1.29, 1.82) is 0 Å². The predicted molar refractivity (Wildman–Crippen MR) is 81.1 cm³/mol. The molecule has 8 heteroatoms. The average Bonchev–Trinajstić information content (AvgIpc) is 2.64. The third-order valence-corrected chi connectivity index (χ3v) is 5.38. The Morgan fingerprint density at radius 1 is 1.50 bits per heavy atom. The zero-order chi connectivity index (χ0) is 14.8. The van der Waals surface area contributed by atoms with E-state index >= 15 is 0 Å². The number of sulfone groups is 1. The van der Waals surface area contributed by atoms with Crippen molar-refractivity contribution in [2.75, 3.05) is 28.7 Å². The Morgan fingerprint density at radius 3 is 2.85 bits per heavy atom. The molecule has 1 aromatic rings. The summed E-state index contributed by atoms with van der Waals surface area (Å²) in [5.74, 6) is 1.25. The van der Waals surface area contributed by atoms with Gasteiger partial charge in [-0.1, -0.05) is 18.5 Å². The van der Waals surface area contributed by atoms with Gasteiger partial charge in [-0.2, -0.15) is 4.98 Å². The average molecular weight is 319 g/mol. The van der Waals surface area contributed by atoms with Gasteiger partial charge in [0, 0.05) is 6.54 Å². The minimum Gasteiger partial charge on any atom is -0.362 e. The summed E-state index contributed by atoms with van der Waals surface area (Å²) in [4.78, 5) is 8.40. The summed E-state index contributed by atoms with van der Waals surface area (Å²) < 4.78 is 23.2. The largest absolute Gasteiger partial charge is 0.362 e. The second kappa shape index (κ2) is 5.73. The smallest absolute Gasteiger partial charge is 0.224 e. The van der Waals surface area contributed by atoms with Gasteiger partial charge >= 0.3 is 0 Å². The van der Waals surface area contributed by atoms with E-state index in [0.717, 1.165) is 13.0 Å². The maximum atomic E-state index is 11.6. The Kier molecular flexibility index (Phi) is 4.39.